The second-order valence-electron chi connectivity index (χ2n) is 5.59. The predicted molar refractivity (Wildman–Crippen MR) is 93.7 cm³/mol. The summed E-state index contributed by atoms with van der Waals surface area (Å²) >= 11 is 0. The smallest absolute Gasteiger partial charge is 0.123 e. The van der Waals surface area contributed by atoms with Crippen molar-refractivity contribution >= 4 is 0 Å². The van der Waals surface area contributed by atoms with E-state index in [0.29, 0.717) is 6.42 Å². The van der Waals surface area contributed by atoms with Gasteiger partial charge in [-0.05, 0) is 29.7 Å². The molecular formula is C20H19N3O. The summed E-state index contributed by atoms with van der Waals surface area (Å²) in [5, 5.41) is 13.4. The largest absolute Gasteiger partial charge is 0.496 e. The number of ether oxygens (including phenoxy) is 1. The number of nitrogens with zero attached hydrogens (tertiary/aromatic N) is 3. The van der Waals surface area contributed by atoms with Crippen LogP contribution >= 0.6 is 0 Å². The zero-order valence-electron chi connectivity index (χ0n) is 13.6. The molecule has 0 saturated carbocycles. The van der Waals surface area contributed by atoms with Crippen LogP contribution in [0.2, 0.25) is 0 Å². The van der Waals surface area contributed by atoms with E-state index in [4.69, 9.17) is 10.00 Å². The van der Waals surface area contributed by atoms with E-state index in [2.05, 4.69) is 35.4 Å². The molecule has 24 heavy (non-hydrogen) atoms. The molecule has 0 radical (unpaired) electrons. The normalized spacial score (nSPS) is 10.3. The Balaban J connectivity index is 1.75. The Morgan fingerprint density at radius 3 is 2.71 bits per heavy atom. The minimum atomic E-state index is 0.332. The lowest BCUT2D eigenvalue weighted by molar-refractivity contribution is 0.411. The van der Waals surface area contributed by atoms with Crippen LogP contribution in [-0.4, -0.2) is 16.9 Å². The third-order valence-electron chi connectivity index (χ3n) is 3.99. The van der Waals surface area contributed by atoms with Gasteiger partial charge in [0.05, 0.1) is 25.8 Å². The Labute approximate surface area is 141 Å². The molecule has 120 valence electrons. The number of hydrogen-bond acceptors (Lipinski definition) is 3. The van der Waals surface area contributed by atoms with Gasteiger partial charge in [-0.2, -0.15) is 10.4 Å². The molecule has 0 fully saturated rings. The van der Waals surface area contributed by atoms with Crippen molar-refractivity contribution in [2.45, 2.75) is 19.4 Å². The first-order valence-electron chi connectivity index (χ1n) is 7.91. The van der Waals surface area contributed by atoms with E-state index in [0.717, 1.165) is 35.4 Å². The molecule has 1 aromatic heterocycles. The molecule has 0 amide bonds. The highest BCUT2D eigenvalue weighted by molar-refractivity contribution is 5.64. The maximum absolute atomic E-state index is 8.96. The summed E-state index contributed by atoms with van der Waals surface area (Å²) in [6.45, 7) is 0.839. The lowest BCUT2D eigenvalue weighted by Crippen LogP contribution is -2.01. The topological polar surface area (TPSA) is 50.8 Å². The molecule has 0 unspecified atom stereocenters. The Morgan fingerprint density at radius 2 is 1.96 bits per heavy atom. The van der Waals surface area contributed by atoms with Gasteiger partial charge in [0.2, 0.25) is 0 Å². The van der Waals surface area contributed by atoms with E-state index >= 15 is 0 Å². The predicted octanol–water partition coefficient (Wildman–Crippen LogP) is 3.87. The number of rotatable bonds is 6. The molecule has 0 aliphatic heterocycles. The van der Waals surface area contributed by atoms with Crippen LogP contribution in [-0.2, 0) is 19.4 Å². The first-order chi connectivity index (χ1) is 11.8. The van der Waals surface area contributed by atoms with E-state index in [1.165, 1.54) is 5.56 Å². The average Bonchev–Trinajstić information content (AvgIpc) is 3.10. The molecule has 3 rings (SSSR count). The SMILES string of the molecule is COc1ccc(-c2cnn(CCc3ccccc3)c2)cc1CC#N. The van der Waals surface area contributed by atoms with Crippen LogP contribution in [0, 0.1) is 11.3 Å². The van der Waals surface area contributed by atoms with Crippen molar-refractivity contribution in [2.24, 2.45) is 0 Å². The van der Waals surface area contributed by atoms with Crippen LogP contribution in [0.25, 0.3) is 11.1 Å². The minimum absolute atomic E-state index is 0.332. The van der Waals surface area contributed by atoms with Crippen LogP contribution in [0.4, 0.5) is 0 Å². The summed E-state index contributed by atoms with van der Waals surface area (Å²) in [4.78, 5) is 0. The standard InChI is InChI=1S/C20H19N3O/c1-24-20-8-7-17(13-18(20)9-11-21)19-14-22-23(15-19)12-10-16-5-3-2-4-6-16/h2-8,13-15H,9-10,12H2,1H3. The summed E-state index contributed by atoms with van der Waals surface area (Å²) in [7, 11) is 1.62. The fourth-order valence-corrected chi connectivity index (χ4v) is 2.70. The zero-order chi connectivity index (χ0) is 16.8. The van der Waals surface area contributed by atoms with Gasteiger partial charge >= 0.3 is 0 Å². The highest BCUT2D eigenvalue weighted by atomic mass is 16.5. The fourth-order valence-electron chi connectivity index (χ4n) is 2.70. The maximum atomic E-state index is 8.96. The van der Waals surface area contributed by atoms with E-state index in [1.807, 2.05) is 41.3 Å². The first-order valence-corrected chi connectivity index (χ1v) is 7.91. The molecule has 0 bridgehead atoms. The van der Waals surface area contributed by atoms with E-state index in [1.54, 1.807) is 7.11 Å². The zero-order valence-corrected chi connectivity index (χ0v) is 13.6. The van der Waals surface area contributed by atoms with Gasteiger partial charge in [-0.25, -0.2) is 0 Å². The summed E-state index contributed by atoms with van der Waals surface area (Å²) in [5.41, 5.74) is 4.29. The quantitative estimate of drug-likeness (QED) is 0.693. The molecular weight excluding hydrogens is 298 g/mol. The molecule has 0 aliphatic carbocycles. The highest BCUT2D eigenvalue weighted by Crippen LogP contribution is 2.26. The van der Waals surface area contributed by atoms with Gasteiger partial charge in [0.25, 0.3) is 0 Å². The number of methoxy groups -OCH3 is 1. The van der Waals surface area contributed by atoms with Gasteiger partial charge in [-0.3, -0.25) is 4.68 Å². The first kappa shape index (κ1) is 15.8. The second kappa shape index (κ2) is 7.47. The third kappa shape index (κ3) is 3.64. The molecule has 3 aromatic rings. The van der Waals surface area contributed by atoms with E-state index in [9.17, 15) is 0 Å². The highest BCUT2D eigenvalue weighted by Gasteiger charge is 2.07. The van der Waals surface area contributed by atoms with Gasteiger partial charge in [0.15, 0.2) is 0 Å². The Bertz CT molecular complexity index is 847. The third-order valence-corrected chi connectivity index (χ3v) is 3.99. The van der Waals surface area contributed by atoms with Crippen molar-refractivity contribution in [1.82, 2.24) is 9.78 Å². The van der Waals surface area contributed by atoms with Crippen LogP contribution in [0.1, 0.15) is 11.1 Å². The molecule has 4 heteroatoms. The molecule has 0 spiro atoms. The van der Waals surface area contributed by atoms with Crippen LogP contribution in [0.15, 0.2) is 60.9 Å². The number of benzene rings is 2. The molecule has 1 heterocycles. The van der Waals surface area contributed by atoms with Gasteiger partial charge < -0.3 is 4.74 Å². The van der Waals surface area contributed by atoms with Crippen LogP contribution < -0.4 is 4.74 Å². The van der Waals surface area contributed by atoms with E-state index in [-0.39, 0.29) is 0 Å². The number of aromatic nitrogens is 2. The number of nitriles is 1. The molecule has 0 N–H and O–H groups in total. The Hall–Kier alpha value is -3.06. The Kier molecular flexibility index (Phi) is 4.93. The second-order valence-corrected chi connectivity index (χ2v) is 5.59. The van der Waals surface area contributed by atoms with Crippen molar-refractivity contribution in [2.75, 3.05) is 7.11 Å². The van der Waals surface area contributed by atoms with Crippen molar-refractivity contribution < 1.29 is 4.74 Å². The molecule has 0 saturated heterocycles. The van der Waals surface area contributed by atoms with Crippen LogP contribution in [0.3, 0.4) is 0 Å². The van der Waals surface area contributed by atoms with Crippen molar-refractivity contribution in [3.8, 4) is 22.9 Å². The monoisotopic (exact) mass is 317 g/mol. The summed E-state index contributed by atoms with van der Waals surface area (Å²) in [6.07, 6.45) is 5.19. The number of aryl methyl sites for hydroxylation is 2. The van der Waals surface area contributed by atoms with Gasteiger partial charge in [0.1, 0.15) is 5.75 Å². The molecule has 2 aromatic carbocycles. The van der Waals surface area contributed by atoms with Gasteiger partial charge in [-0.1, -0.05) is 36.4 Å². The van der Waals surface area contributed by atoms with Crippen molar-refractivity contribution in [3.05, 3.63) is 72.1 Å². The fraction of sp³-hybridized carbons (Fsp3) is 0.200. The summed E-state index contributed by atoms with van der Waals surface area (Å²) < 4.78 is 7.26. The lowest BCUT2D eigenvalue weighted by atomic mass is 10.0. The molecule has 0 aliphatic rings. The van der Waals surface area contributed by atoms with E-state index < -0.39 is 0 Å². The average molecular weight is 317 g/mol. The van der Waals surface area contributed by atoms with Crippen molar-refractivity contribution in [1.29, 1.82) is 5.26 Å². The molecule has 4 nitrogen and oxygen atoms in total. The minimum Gasteiger partial charge on any atom is -0.496 e. The van der Waals surface area contributed by atoms with Crippen LogP contribution in [0.5, 0.6) is 5.75 Å². The summed E-state index contributed by atoms with van der Waals surface area (Å²) in [5.74, 6) is 0.747. The Morgan fingerprint density at radius 1 is 1.12 bits per heavy atom. The summed E-state index contributed by atoms with van der Waals surface area (Å²) in [6, 6.07) is 18.5. The van der Waals surface area contributed by atoms with Crippen molar-refractivity contribution in [3.63, 3.8) is 0 Å². The maximum Gasteiger partial charge on any atom is 0.123 e. The number of hydrogen-bond donors (Lipinski definition) is 0. The van der Waals surface area contributed by atoms with Gasteiger partial charge in [0, 0.05) is 23.9 Å². The lowest BCUT2D eigenvalue weighted by Gasteiger charge is -2.07. The molecule has 0 atom stereocenters. The van der Waals surface area contributed by atoms with Gasteiger partial charge in [-0.15, -0.1) is 0 Å².